The van der Waals surface area contributed by atoms with Gasteiger partial charge in [0.25, 0.3) is 5.22 Å². The predicted octanol–water partition coefficient (Wildman–Crippen LogP) is 3.40. The van der Waals surface area contributed by atoms with E-state index in [0.29, 0.717) is 11.8 Å². The average Bonchev–Trinajstić information content (AvgIpc) is 2.68. The zero-order valence-corrected chi connectivity index (χ0v) is 11.8. The molecule has 1 aromatic heterocycles. The van der Waals surface area contributed by atoms with Crippen molar-refractivity contribution >= 4 is 27.7 Å². The molecule has 0 aliphatic carbocycles. The van der Waals surface area contributed by atoms with Gasteiger partial charge in [-0.1, -0.05) is 22.0 Å². The quantitative estimate of drug-likeness (QED) is 0.940. The lowest BCUT2D eigenvalue weighted by Crippen LogP contribution is -2.03. The second kappa shape index (κ2) is 5.71. The summed E-state index contributed by atoms with van der Waals surface area (Å²) in [6.07, 6.45) is 2.53. The van der Waals surface area contributed by atoms with E-state index in [9.17, 15) is 0 Å². The van der Waals surface area contributed by atoms with Crippen LogP contribution in [0.15, 0.2) is 43.5 Å². The van der Waals surface area contributed by atoms with Crippen molar-refractivity contribution < 1.29 is 4.42 Å². The molecule has 0 spiro atoms. The summed E-state index contributed by atoms with van der Waals surface area (Å²) in [6.45, 7) is 2.57. The molecule has 17 heavy (non-hydrogen) atoms. The Morgan fingerprint density at radius 3 is 2.88 bits per heavy atom. The summed E-state index contributed by atoms with van der Waals surface area (Å²) >= 11 is 5.06. The van der Waals surface area contributed by atoms with Gasteiger partial charge >= 0.3 is 0 Å². The van der Waals surface area contributed by atoms with Gasteiger partial charge in [0.05, 0.1) is 5.69 Å². The summed E-state index contributed by atoms with van der Waals surface area (Å²) in [5, 5.41) is 0.668. The van der Waals surface area contributed by atoms with Crippen molar-refractivity contribution in [3.63, 3.8) is 0 Å². The number of hydrogen-bond donors (Lipinski definition) is 1. The van der Waals surface area contributed by atoms with E-state index in [-0.39, 0.29) is 0 Å². The van der Waals surface area contributed by atoms with Crippen molar-refractivity contribution in [1.29, 1.82) is 0 Å². The maximum absolute atomic E-state index is 5.54. The first-order chi connectivity index (χ1) is 8.19. The van der Waals surface area contributed by atoms with Crippen LogP contribution in [0.25, 0.3) is 0 Å². The Labute approximate surface area is 113 Å². The molecule has 0 unspecified atom stereocenters. The monoisotopic (exact) mass is 312 g/mol. The maximum Gasteiger partial charge on any atom is 0.260 e. The fourth-order valence-electron chi connectivity index (χ4n) is 1.43. The number of aryl methyl sites for hydroxylation is 1. The molecule has 2 aromatic rings. The number of benzene rings is 1. The molecule has 3 nitrogen and oxygen atoms in total. The van der Waals surface area contributed by atoms with Crippen LogP contribution in [0, 0.1) is 6.92 Å². The van der Waals surface area contributed by atoms with Gasteiger partial charge in [0.1, 0.15) is 6.26 Å². The SMILES string of the molecule is Cc1coc(Sc2ccc(CCN)c(Br)c2)n1. The fraction of sp³-hybridized carbons (Fsp3) is 0.250. The van der Waals surface area contributed by atoms with Gasteiger partial charge in [0.2, 0.25) is 0 Å². The van der Waals surface area contributed by atoms with E-state index in [0.717, 1.165) is 21.5 Å². The van der Waals surface area contributed by atoms with Crippen LogP contribution in [0.3, 0.4) is 0 Å². The summed E-state index contributed by atoms with van der Waals surface area (Å²) in [4.78, 5) is 5.35. The Bertz CT molecular complexity index is 513. The summed E-state index contributed by atoms with van der Waals surface area (Å²) < 4.78 is 6.38. The summed E-state index contributed by atoms with van der Waals surface area (Å²) in [7, 11) is 0. The minimum atomic E-state index is 0.657. The molecule has 0 atom stereocenters. The van der Waals surface area contributed by atoms with Gasteiger partial charge in [0, 0.05) is 9.37 Å². The lowest BCUT2D eigenvalue weighted by atomic mass is 10.1. The van der Waals surface area contributed by atoms with Crippen molar-refractivity contribution in [2.24, 2.45) is 5.73 Å². The van der Waals surface area contributed by atoms with Gasteiger partial charge in [-0.25, -0.2) is 4.98 Å². The predicted molar refractivity (Wildman–Crippen MR) is 72.3 cm³/mol. The molecule has 1 aromatic carbocycles. The van der Waals surface area contributed by atoms with Crippen molar-refractivity contribution in [3.05, 3.63) is 40.2 Å². The summed E-state index contributed by atoms with van der Waals surface area (Å²) in [5.74, 6) is 0. The lowest BCUT2D eigenvalue weighted by molar-refractivity contribution is 0.454. The van der Waals surface area contributed by atoms with Crippen LogP contribution >= 0.6 is 27.7 Å². The van der Waals surface area contributed by atoms with Gasteiger partial charge in [-0.15, -0.1) is 0 Å². The number of hydrogen-bond acceptors (Lipinski definition) is 4. The van der Waals surface area contributed by atoms with E-state index in [1.54, 1.807) is 6.26 Å². The highest BCUT2D eigenvalue weighted by Gasteiger charge is 2.06. The summed E-state index contributed by atoms with van der Waals surface area (Å²) in [6, 6.07) is 6.20. The highest BCUT2D eigenvalue weighted by molar-refractivity contribution is 9.10. The Kier molecular flexibility index (Phi) is 4.25. The van der Waals surface area contributed by atoms with Crippen LogP contribution in [-0.2, 0) is 6.42 Å². The third-order valence-corrected chi connectivity index (χ3v) is 3.83. The molecule has 0 bridgehead atoms. The van der Waals surface area contributed by atoms with E-state index in [1.807, 2.05) is 6.92 Å². The maximum atomic E-state index is 5.54. The third-order valence-electron chi connectivity index (χ3n) is 2.24. The van der Waals surface area contributed by atoms with Crippen LogP contribution in [0.2, 0.25) is 0 Å². The molecule has 0 amide bonds. The van der Waals surface area contributed by atoms with Crippen molar-refractivity contribution in [1.82, 2.24) is 4.98 Å². The van der Waals surface area contributed by atoms with E-state index < -0.39 is 0 Å². The van der Waals surface area contributed by atoms with Crippen molar-refractivity contribution in [3.8, 4) is 0 Å². The number of oxazole rings is 1. The molecule has 0 saturated carbocycles. The van der Waals surface area contributed by atoms with Crippen LogP contribution in [-0.4, -0.2) is 11.5 Å². The molecule has 90 valence electrons. The molecule has 0 fully saturated rings. The minimum Gasteiger partial charge on any atom is -0.439 e. The molecule has 0 aliphatic rings. The molecule has 1 heterocycles. The van der Waals surface area contributed by atoms with E-state index in [4.69, 9.17) is 10.2 Å². The Morgan fingerprint density at radius 1 is 1.47 bits per heavy atom. The summed E-state index contributed by atoms with van der Waals surface area (Å²) in [5.41, 5.74) is 7.66. The highest BCUT2D eigenvalue weighted by atomic mass is 79.9. The molecular weight excluding hydrogens is 300 g/mol. The first kappa shape index (κ1) is 12.7. The van der Waals surface area contributed by atoms with Gasteiger partial charge in [-0.3, -0.25) is 0 Å². The number of halogens is 1. The smallest absolute Gasteiger partial charge is 0.260 e. The average molecular weight is 313 g/mol. The fourth-order valence-corrected chi connectivity index (χ4v) is 2.96. The van der Waals surface area contributed by atoms with Crippen LogP contribution in [0.4, 0.5) is 0 Å². The van der Waals surface area contributed by atoms with E-state index in [1.165, 1.54) is 17.3 Å². The first-order valence-electron chi connectivity index (χ1n) is 5.27. The number of nitrogens with zero attached hydrogens (tertiary/aromatic N) is 1. The standard InChI is InChI=1S/C12H13BrN2OS/c1-8-7-16-12(15-8)17-10-3-2-9(4-5-14)11(13)6-10/h2-3,6-7H,4-5,14H2,1H3. The van der Waals surface area contributed by atoms with Crippen LogP contribution in [0.5, 0.6) is 0 Å². The Morgan fingerprint density at radius 2 is 2.29 bits per heavy atom. The molecule has 2 N–H and O–H groups in total. The second-order valence-corrected chi connectivity index (χ2v) is 5.53. The normalized spacial score (nSPS) is 10.8. The topological polar surface area (TPSA) is 52.0 Å². The Balaban J connectivity index is 2.14. The largest absolute Gasteiger partial charge is 0.439 e. The lowest BCUT2D eigenvalue weighted by Gasteiger charge is -2.04. The zero-order chi connectivity index (χ0) is 12.3. The van der Waals surface area contributed by atoms with Crippen LogP contribution in [0.1, 0.15) is 11.3 Å². The van der Waals surface area contributed by atoms with Gasteiger partial charge in [0.15, 0.2) is 0 Å². The van der Waals surface area contributed by atoms with Crippen molar-refractivity contribution in [2.45, 2.75) is 23.5 Å². The number of nitrogens with two attached hydrogens (primary N) is 1. The van der Waals surface area contributed by atoms with Crippen molar-refractivity contribution in [2.75, 3.05) is 6.54 Å². The van der Waals surface area contributed by atoms with E-state index >= 15 is 0 Å². The van der Waals surface area contributed by atoms with Crippen LogP contribution < -0.4 is 5.73 Å². The molecule has 5 heteroatoms. The Hall–Kier alpha value is -0.780. The van der Waals surface area contributed by atoms with E-state index in [2.05, 4.69) is 39.1 Å². The molecule has 0 radical (unpaired) electrons. The number of aromatic nitrogens is 1. The van der Waals surface area contributed by atoms with Gasteiger partial charge in [-0.2, -0.15) is 0 Å². The molecule has 0 aliphatic heterocycles. The second-order valence-electron chi connectivity index (χ2n) is 3.65. The zero-order valence-electron chi connectivity index (χ0n) is 9.44. The molecule has 2 rings (SSSR count). The third kappa shape index (κ3) is 3.34. The number of rotatable bonds is 4. The highest BCUT2D eigenvalue weighted by Crippen LogP contribution is 2.30. The van der Waals surface area contributed by atoms with Gasteiger partial charge < -0.3 is 10.2 Å². The van der Waals surface area contributed by atoms with Gasteiger partial charge in [-0.05, 0) is 49.3 Å². The first-order valence-corrected chi connectivity index (χ1v) is 6.88. The minimum absolute atomic E-state index is 0.657. The molecule has 0 saturated heterocycles. The molecular formula is C12H13BrN2OS.